The summed E-state index contributed by atoms with van der Waals surface area (Å²) in [4.78, 5) is 16.0. The molecule has 1 aliphatic heterocycles. The van der Waals surface area contributed by atoms with Crippen molar-refractivity contribution in [2.45, 2.75) is 33.2 Å². The largest absolute Gasteiger partial charge is 0.341 e. The van der Waals surface area contributed by atoms with E-state index in [9.17, 15) is 4.79 Å². The lowest BCUT2D eigenvalue weighted by atomic mass is 9.90. The highest BCUT2D eigenvalue weighted by Crippen LogP contribution is 2.28. The van der Waals surface area contributed by atoms with Crippen molar-refractivity contribution in [2.75, 3.05) is 33.2 Å². The molecule has 4 nitrogen and oxygen atoms in total. The van der Waals surface area contributed by atoms with Crippen molar-refractivity contribution in [3.8, 4) is 0 Å². The summed E-state index contributed by atoms with van der Waals surface area (Å²) >= 11 is 0. The number of hydrogen-bond acceptors (Lipinski definition) is 3. The van der Waals surface area contributed by atoms with Gasteiger partial charge in [0.05, 0.1) is 6.54 Å². The van der Waals surface area contributed by atoms with E-state index >= 15 is 0 Å². The van der Waals surface area contributed by atoms with Crippen LogP contribution >= 0.6 is 0 Å². The van der Waals surface area contributed by atoms with E-state index in [1.165, 1.54) is 0 Å². The molecule has 1 fully saturated rings. The summed E-state index contributed by atoms with van der Waals surface area (Å²) in [5.41, 5.74) is 5.86. The topological polar surface area (TPSA) is 49.6 Å². The molecule has 16 heavy (non-hydrogen) atoms. The Morgan fingerprint density at radius 2 is 2.19 bits per heavy atom. The van der Waals surface area contributed by atoms with Crippen molar-refractivity contribution in [1.82, 2.24) is 9.80 Å². The van der Waals surface area contributed by atoms with Gasteiger partial charge in [-0.05, 0) is 39.3 Å². The molecule has 0 aromatic heterocycles. The fourth-order valence-electron chi connectivity index (χ4n) is 1.90. The number of carbonyl (C=O) groups is 1. The second-order valence-electron chi connectivity index (χ2n) is 5.59. The second kappa shape index (κ2) is 5.15. The van der Waals surface area contributed by atoms with E-state index in [1.807, 2.05) is 11.9 Å². The zero-order valence-electron chi connectivity index (χ0n) is 11.0. The predicted octanol–water partition coefficient (Wildman–Crippen LogP) is 0.524. The maximum Gasteiger partial charge on any atom is 0.236 e. The molecule has 1 heterocycles. The molecular formula is C12H25N3O. The van der Waals surface area contributed by atoms with Crippen LogP contribution in [0.25, 0.3) is 0 Å². The molecule has 94 valence electrons. The molecule has 2 N–H and O–H groups in total. The van der Waals surface area contributed by atoms with Crippen molar-refractivity contribution >= 4 is 5.91 Å². The highest BCUT2D eigenvalue weighted by molar-refractivity contribution is 5.78. The van der Waals surface area contributed by atoms with Gasteiger partial charge in [0.15, 0.2) is 0 Å². The van der Waals surface area contributed by atoms with E-state index in [1.54, 1.807) is 0 Å². The number of carbonyl (C=O) groups excluding carboxylic acids is 1. The van der Waals surface area contributed by atoms with Crippen molar-refractivity contribution in [1.29, 1.82) is 0 Å². The number of nitrogens with zero attached hydrogens (tertiary/aromatic N) is 2. The van der Waals surface area contributed by atoms with Crippen LogP contribution in [0.4, 0.5) is 0 Å². The molecule has 0 aromatic rings. The molecule has 0 aromatic carbocycles. The maximum absolute atomic E-state index is 12.0. The van der Waals surface area contributed by atoms with E-state index in [4.69, 9.17) is 5.73 Å². The minimum Gasteiger partial charge on any atom is -0.341 e. The van der Waals surface area contributed by atoms with Crippen molar-refractivity contribution in [3.05, 3.63) is 0 Å². The first-order valence-electron chi connectivity index (χ1n) is 6.06. The predicted molar refractivity (Wildman–Crippen MR) is 66.1 cm³/mol. The first-order valence-corrected chi connectivity index (χ1v) is 6.06. The van der Waals surface area contributed by atoms with Crippen LogP contribution < -0.4 is 5.73 Å². The van der Waals surface area contributed by atoms with Crippen LogP contribution in [0.5, 0.6) is 0 Å². The van der Waals surface area contributed by atoms with E-state index < -0.39 is 0 Å². The van der Waals surface area contributed by atoms with Gasteiger partial charge in [0.1, 0.15) is 0 Å². The zero-order chi connectivity index (χ0) is 12.3. The number of likely N-dealkylation sites (N-methyl/N-ethyl adjacent to an activating group) is 1. The minimum absolute atomic E-state index is 0.131. The van der Waals surface area contributed by atoms with E-state index in [0.29, 0.717) is 19.1 Å². The normalized spacial score (nSPS) is 25.8. The van der Waals surface area contributed by atoms with Gasteiger partial charge in [-0.15, -0.1) is 0 Å². The van der Waals surface area contributed by atoms with Gasteiger partial charge in [-0.1, -0.05) is 6.92 Å². The van der Waals surface area contributed by atoms with Crippen molar-refractivity contribution < 1.29 is 4.79 Å². The van der Waals surface area contributed by atoms with Crippen LogP contribution in [-0.2, 0) is 4.79 Å². The molecule has 0 radical (unpaired) electrons. The quantitative estimate of drug-likeness (QED) is 0.762. The summed E-state index contributed by atoms with van der Waals surface area (Å²) in [6, 6.07) is 0.410. The Morgan fingerprint density at radius 1 is 1.56 bits per heavy atom. The van der Waals surface area contributed by atoms with Crippen molar-refractivity contribution in [2.24, 2.45) is 11.1 Å². The highest BCUT2D eigenvalue weighted by atomic mass is 16.2. The molecule has 0 aliphatic carbocycles. The third kappa shape index (κ3) is 3.19. The Kier molecular flexibility index (Phi) is 4.33. The molecule has 1 rings (SSSR count). The summed E-state index contributed by atoms with van der Waals surface area (Å²) in [5, 5.41) is 0. The minimum atomic E-state index is 0.131. The monoisotopic (exact) mass is 227 g/mol. The van der Waals surface area contributed by atoms with Gasteiger partial charge in [0.2, 0.25) is 5.91 Å². The van der Waals surface area contributed by atoms with Gasteiger partial charge < -0.3 is 10.6 Å². The van der Waals surface area contributed by atoms with Crippen LogP contribution in [0.15, 0.2) is 0 Å². The van der Waals surface area contributed by atoms with Gasteiger partial charge >= 0.3 is 0 Å². The van der Waals surface area contributed by atoms with Gasteiger partial charge in [0.25, 0.3) is 0 Å². The van der Waals surface area contributed by atoms with Crippen LogP contribution in [0.1, 0.15) is 27.2 Å². The number of hydrogen-bond donors (Lipinski definition) is 1. The molecule has 1 unspecified atom stereocenters. The van der Waals surface area contributed by atoms with E-state index in [2.05, 4.69) is 25.7 Å². The summed E-state index contributed by atoms with van der Waals surface area (Å²) in [6.07, 6.45) is 1.03. The third-order valence-electron chi connectivity index (χ3n) is 3.67. The Balaban J connectivity index is 2.45. The lowest BCUT2D eigenvalue weighted by Crippen LogP contribution is -2.41. The summed E-state index contributed by atoms with van der Waals surface area (Å²) in [6.45, 7) is 9.21. The van der Waals surface area contributed by atoms with Gasteiger partial charge in [-0.2, -0.15) is 0 Å². The lowest BCUT2D eigenvalue weighted by Gasteiger charge is -2.26. The van der Waals surface area contributed by atoms with Gasteiger partial charge in [0, 0.05) is 19.1 Å². The highest BCUT2D eigenvalue weighted by Gasteiger charge is 2.34. The smallest absolute Gasteiger partial charge is 0.236 e. The third-order valence-corrected chi connectivity index (χ3v) is 3.67. The van der Waals surface area contributed by atoms with E-state index in [0.717, 1.165) is 19.5 Å². The molecular weight excluding hydrogens is 202 g/mol. The molecule has 0 spiro atoms. The Bertz CT molecular complexity index is 255. The average Bonchev–Trinajstić information content (AvgIpc) is 2.62. The van der Waals surface area contributed by atoms with Crippen LogP contribution in [0.2, 0.25) is 0 Å². The van der Waals surface area contributed by atoms with Gasteiger partial charge in [-0.25, -0.2) is 0 Å². The first kappa shape index (κ1) is 13.5. The van der Waals surface area contributed by atoms with Crippen LogP contribution in [0.3, 0.4) is 0 Å². The number of amides is 1. The molecule has 1 atom stereocenters. The molecule has 4 heteroatoms. The summed E-state index contributed by atoms with van der Waals surface area (Å²) < 4.78 is 0. The number of nitrogens with two attached hydrogens (primary N) is 1. The molecule has 1 saturated heterocycles. The first-order chi connectivity index (χ1) is 7.38. The Morgan fingerprint density at radius 3 is 2.62 bits per heavy atom. The molecule has 1 amide bonds. The van der Waals surface area contributed by atoms with Crippen LogP contribution in [-0.4, -0.2) is 55.0 Å². The van der Waals surface area contributed by atoms with Gasteiger partial charge in [-0.3, -0.25) is 9.69 Å². The second-order valence-corrected chi connectivity index (χ2v) is 5.59. The molecule has 0 bridgehead atoms. The number of likely N-dealkylation sites (tertiary alicyclic amines) is 1. The maximum atomic E-state index is 12.0. The van der Waals surface area contributed by atoms with E-state index in [-0.39, 0.29) is 11.3 Å². The molecule has 1 aliphatic rings. The lowest BCUT2D eigenvalue weighted by molar-refractivity contribution is -0.131. The zero-order valence-corrected chi connectivity index (χ0v) is 11.0. The Hall–Kier alpha value is -0.610. The Labute approximate surface area is 98.8 Å². The summed E-state index contributed by atoms with van der Waals surface area (Å²) in [7, 11) is 1.99. The standard InChI is InChI=1S/C12H25N3O/c1-10(2)14(4)7-11(16)15-6-5-12(3,8-13)9-15/h10H,5-9,13H2,1-4H3. The number of rotatable bonds is 4. The van der Waals surface area contributed by atoms with Crippen molar-refractivity contribution in [3.63, 3.8) is 0 Å². The fourth-order valence-corrected chi connectivity index (χ4v) is 1.90. The molecule has 0 saturated carbocycles. The fraction of sp³-hybridized carbons (Fsp3) is 0.917. The summed E-state index contributed by atoms with van der Waals surface area (Å²) in [5.74, 6) is 0.230. The average molecular weight is 227 g/mol. The van der Waals surface area contributed by atoms with Crippen LogP contribution in [0, 0.1) is 5.41 Å². The SMILES string of the molecule is CC(C)N(C)CC(=O)N1CCC(C)(CN)C1.